The van der Waals surface area contributed by atoms with Gasteiger partial charge >= 0.3 is 0 Å². The third kappa shape index (κ3) is 0.799. The molecule has 3 atom stereocenters. The smallest absolute Gasteiger partial charge is 0.178 e. The second kappa shape index (κ2) is 2.81. The van der Waals surface area contributed by atoms with Gasteiger partial charge in [0.05, 0.1) is 18.8 Å². The van der Waals surface area contributed by atoms with Crippen molar-refractivity contribution in [1.82, 2.24) is 4.90 Å². The number of hydrogen-bond acceptors (Lipinski definition) is 4. The summed E-state index contributed by atoms with van der Waals surface area (Å²) in [4.78, 5) is 14.5. The van der Waals surface area contributed by atoms with Crippen molar-refractivity contribution in [1.29, 1.82) is 0 Å². The SMILES string of the molecule is COCC1(CO)C(=O)C23CCC2CCN13. The maximum Gasteiger partial charge on any atom is 0.178 e. The molecule has 2 heterocycles. The van der Waals surface area contributed by atoms with Crippen LogP contribution in [0.4, 0.5) is 0 Å². The average Bonchev–Trinajstić information content (AvgIpc) is 2.45. The first-order chi connectivity index (χ1) is 7.22. The van der Waals surface area contributed by atoms with Crippen molar-refractivity contribution in [2.24, 2.45) is 5.92 Å². The highest BCUT2D eigenvalue weighted by Gasteiger charge is 2.76. The molecule has 4 nitrogen and oxygen atoms in total. The Morgan fingerprint density at radius 2 is 2.40 bits per heavy atom. The summed E-state index contributed by atoms with van der Waals surface area (Å²) < 4.78 is 5.10. The van der Waals surface area contributed by atoms with Gasteiger partial charge in [0.15, 0.2) is 5.78 Å². The van der Waals surface area contributed by atoms with Crippen LogP contribution in [0.2, 0.25) is 0 Å². The summed E-state index contributed by atoms with van der Waals surface area (Å²) in [6.07, 6.45) is 3.27. The minimum atomic E-state index is -0.704. The van der Waals surface area contributed by atoms with Crippen molar-refractivity contribution in [2.75, 3.05) is 26.9 Å². The molecule has 0 aromatic carbocycles. The van der Waals surface area contributed by atoms with Crippen LogP contribution in [0.5, 0.6) is 0 Å². The summed E-state index contributed by atoms with van der Waals surface area (Å²) in [5.41, 5.74) is -0.884. The summed E-state index contributed by atoms with van der Waals surface area (Å²) in [5, 5.41) is 9.47. The number of aliphatic hydroxyl groups is 1. The molecule has 0 amide bonds. The number of rotatable bonds is 3. The standard InChI is InChI=1S/C11H17NO3/c1-15-7-10(6-13)9(14)11-4-2-8(11)3-5-12(10)11/h8,13H,2-7H2,1H3. The zero-order chi connectivity index (χ0) is 10.7. The number of ether oxygens (including phenoxy) is 1. The third-order valence-electron chi connectivity index (χ3n) is 4.71. The van der Waals surface area contributed by atoms with Crippen LogP contribution in [0.3, 0.4) is 0 Å². The Hall–Kier alpha value is -0.450. The van der Waals surface area contributed by atoms with Crippen LogP contribution in [0, 0.1) is 5.92 Å². The summed E-state index contributed by atoms with van der Waals surface area (Å²) in [7, 11) is 1.59. The number of methoxy groups -OCH3 is 1. The van der Waals surface area contributed by atoms with Gasteiger partial charge in [-0.2, -0.15) is 0 Å². The van der Waals surface area contributed by atoms with Crippen LogP contribution < -0.4 is 0 Å². The molecule has 3 aliphatic rings. The third-order valence-corrected chi connectivity index (χ3v) is 4.71. The van der Waals surface area contributed by atoms with Crippen LogP contribution in [-0.4, -0.2) is 53.7 Å². The molecule has 3 rings (SSSR count). The second-order valence-corrected chi connectivity index (χ2v) is 5.05. The van der Waals surface area contributed by atoms with Crippen LogP contribution in [0.1, 0.15) is 19.3 Å². The molecule has 3 fully saturated rings. The fourth-order valence-corrected chi connectivity index (χ4v) is 3.92. The van der Waals surface area contributed by atoms with Gasteiger partial charge in [0, 0.05) is 13.7 Å². The van der Waals surface area contributed by atoms with Crippen LogP contribution >= 0.6 is 0 Å². The fraction of sp³-hybridized carbons (Fsp3) is 0.909. The Morgan fingerprint density at radius 1 is 1.60 bits per heavy atom. The molecule has 2 saturated heterocycles. The molecule has 0 aromatic rings. The first kappa shape index (κ1) is 9.75. The van der Waals surface area contributed by atoms with E-state index in [0.717, 1.165) is 19.4 Å². The van der Waals surface area contributed by atoms with Gasteiger partial charge in [-0.3, -0.25) is 9.69 Å². The number of hydrogen-bond donors (Lipinski definition) is 1. The van der Waals surface area contributed by atoms with Gasteiger partial charge in [-0.1, -0.05) is 0 Å². The number of ketones is 1. The van der Waals surface area contributed by atoms with Crippen molar-refractivity contribution in [3.8, 4) is 0 Å². The van der Waals surface area contributed by atoms with Crippen LogP contribution in [0.25, 0.3) is 0 Å². The van der Waals surface area contributed by atoms with Crippen molar-refractivity contribution in [3.63, 3.8) is 0 Å². The lowest BCUT2D eigenvalue weighted by atomic mass is 9.54. The summed E-state index contributed by atoms with van der Waals surface area (Å²) in [5.74, 6) is 0.787. The van der Waals surface area contributed by atoms with E-state index in [0.29, 0.717) is 12.5 Å². The normalized spacial score (nSPS) is 48.1. The highest BCUT2D eigenvalue weighted by molar-refractivity contribution is 6.05. The van der Waals surface area contributed by atoms with Gasteiger partial charge in [-0.05, 0) is 25.2 Å². The zero-order valence-electron chi connectivity index (χ0n) is 9.03. The van der Waals surface area contributed by atoms with Crippen molar-refractivity contribution in [2.45, 2.75) is 30.3 Å². The molecular weight excluding hydrogens is 194 g/mol. The first-order valence-electron chi connectivity index (χ1n) is 5.65. The Balaban J connectivity index is 1.92. The maximum absolute atomic E-state index is 12.3. The monoisotopic (exact) mass is 211 g/mol. The predicted molar refractivity (Wildman–Crippen MR) is 53.5 cm³/mol. The Kier molecular flexibility index (Phi) is 1.83. The van der Waals surface area contributed by atoms with E-state index in [1.165, 1.54) is 6.42 Å². The van der Waals surface area contributed by atoms with Gasteiger partial charge in [0.2, 0.25) is 0 Å². The van der Waals surface area contributed by atoms with E-state index in [4.69, 9.17) is 4.74 Å². The topological polar surface area (TPSA) is 49.8 Å². The molecular formula is C11H17NO3. The van der Waals surface area contributed by atoms with E-state index in [1.54, 1.807) is 7.11 Å². The van der Waals surface area contributed by atoms with E-state index in [2.05, 4.69) is 4.90 Å². The van der Waals surface area contributed by atoms with Gasteiger partial charge in [-0.25, -0.2) is 0 Å². The molecule has 1 spiro atoms. The molecule has 0 aromatic heterocycles. The van der Waals surface area contributed by atoms with Crippen molar-refractivity contribution < 1.29 is 14.6 Å². The number of carbonyl (C=O) groups excluding carboxylic acids is 1. The highest BCUT2D eigenvalue weighted by atomic mass is 16.5. The van der Waals surface area contributed by atoms with Gasteiger partial charge in [-0.15, -0.1) is 0 Å². The fourth-order valence-electron chi connectivity index (χ4n) is 3.92. The molecule has 1 N–H and O–H groups in total. The van der Waals surface area contributed by atoms with Crippen LogP contribution in [-0.2, 0) is 9.53 Å². The Labute approximate surface area is 89.2 Å². The van der Waals surface area contributed by atoms with Crippen molar-refractivity contribution in [3.05, 3.63) is 0 Å². The largest absolute Gasteiger partial charge is 0.394 e. The van der Waals surface area contributed by atoms with E-state index < -0.39 is 5.54 Å². The molecule has 4 heteroatoms. The van der Waals surface area contributed by atoms with Gasteiger partial charge in [0.1, 0.15) is 5.54 Å². The number of Topliss-reactive ketones (excluding diaryl/α,β-unsaturated/α-hetero) is 1. The quantitative estimate of drug-likeness (QED) is 0.702. The Morgan fingerprint density at radius 3 is 2.93 bits per heavy atom. The highest BCUT2D eigenvalue weighted by Crippen LogP contribution is 2.61. The number of carbonyl (C=O) groups is 1. The van der Waals surface area contributed by atoms with E-state index in [1.807, 2.05) is 0 Å². The average molecular weight is 211 g/mol. The summed E-state index contributed by atoms with van der Waals surface area (Å²) in [6, 6.07) is 0. The van der Waals surface area contributed by atoms with Crippen molar-refractivity contribution >= 4 is 5.78 Å². The number of aliphatic hydroxyl groups excluding tert-OH is 1. The van der Waals surface area contributed by atoms with E-state index in [-0.39, 0.29) is 17.9 Å². The minimum absolute atomic E-state index is 0.103. The lowest BCUT2D eigenvalue weighted by molar-refractivity contribution is -0.203. The molecule has 1 saturated carbocycles. The lowest BCUT2D eigenvalue weighted by Crippen LogP contribution is -2.85. The summed E-state index contributed by atoms with van der Waals surface area (Å²) in [6.45, 7) is 1.17. The first-order valence-corrected chi connectivity index (χ1v) is 5.65. The summed E-state index contributed by atoms with van der Waals surface area (Å²) >= 11 is 0. The molecule has 2 aliphatic heterocycles. The Bertz CT molecular complexity index is 319. The molecule has 0 radical (unpaired) electrons. The molecule has 3 unspecified atom stereocenters. The second-order valence-electron chi connectivity index (χ2n) is 5.05. The van der Waals surface area contributed by atoms with E-state index >= 15 is 0 Å². The molecule has 0 bridgehead atoms. The van der Waals surface area contributed by atoms with Gasteiger partial charge in [0.25, 0.3) is 0 Å². The zero-order valence-corrected chi connectivity index (χ0v) is 9.03. The molecule has 84 valence electrons. The number of nitrogens with zero attached hydrogens (tertiary/aromatic N) is 1. The molecule has 15 heavy (non-hydrogen) atoms. The maximum atomic E-state index is 12.3. The van der Waals surface area contributed by atoms with E-state index in [9.17, 15) is 9.90 Å². The minimum Gasteiger partial charge on any atom is -0.394 e. The predicted octanol–water partition coefficient (Wildman–Crippen LogP) is -0.199. The molecule has 1 aliphatic carbocycles. The van der Waals surface area contributed by atoms with Crippen LogP contribution in [0.15, 0.2) is 0 Å². The van der Waals surface area contributed by atoms with Gasteiger partial charge < -0.3 is 9.84 Å². The lowest BCUT2D eigenvalue weighted by Gasteiger charge is -2.65.